The number of rotatable bonds is 5. The number of pyridine rings is 1. The number of nitrogens with one attached hydrogen (secondary N) is 1. The molecule has 1 heterocycles. The zero-order valence-corrected chi connectivity index (χ0v) is 15.4. The van der Waals surface area contributed by atoms with Crippen molar-refractivity contribution in [3.8, 4) is 0 Å². The molecule has 0 aliphatic heterocycles. The standard InChI is InChI=1S/C15H10Cl3N3O5/c1-7-10(17)5-19-14(13(7)18)20-12(22)6-26-15(23)8-2-3-9(16)11(4-8)21(24)25/h2-5H,6H2,1H3,(H,19,20,22). The lowest BCUT2D eigenvalue weighted by molar-refractivity contribution is -0.384. The number of hydrogen-bond donors (Lipinski definition) is 1. The van der Waals surface area contributed by atoms with Gasteiger partial charge in [0, 0.05) is 12.3 Å². The maximum Gasteiger partial charge on any atom is 0.338 e. The van der Waals surface area contributed by atoms with E-state index in [4.69, 9.17) is 39.5 Å². The van der Waals surface area contributed by atoms with Crippen LogP contribution < -0.4 is 5.32 Å². The molecule has 0 atom stereocenters. The van der Waals surface area contributed by atoms with Gasteiger partial charge in [0.25, 0.3) is 11.6 Å². The Balaban J connectivity index is 2.01. The lowest BCUT2D eigenvalue weighted by Gasteiger charge is -2.09. The van der Waals surface area contributed by atoms with E-state index in [2.05, 4.69) is 10.3 Å². The number of carbonyl (C=O) groups is 2. The summed E-state index contributed by atoms with van der Waals surface area (Å²) in [6, 6.07) is 3.40. The average molecular weight is 419 g/mol. The van der Waals surface area contributed by atoms with Gasteiger partial charge < -0.3 is 10.1 Å². The van der Waals surface area contributed by atoms with Gasteiger partial charge in [-0.1, -0.05) is 34.8 Å². The van der Waals surface area contributed by atoms with E-state index in [1.165, 1.54) is 18.3 Å². The van der Waals surface area contributed by atoms with Crippen molar-refractivity contribution in [3.05, 3.63) is 60.7 Å². The van der Waals surface area contributed by atoms with E-state index in [-0.39, 0.29) is 21.4 Å². The van der Waals surface area contributed by atoms with E-state index < -0.39 is 29.1 Å². The second kappa shape index (κ2) is 8.31. The first-order chi connectivity index (χ1) is 12.2. The van der Waals surface area contributed by atoms with Crippen molar-refractivity contribution < 1.29 is 19.2 Å². The van der Waals surface area contributed by atoms with Crippen molar-refractivity contribution in [3.63, 3.8) is 0 Å². The molecule has 11 heteroatoms. The fraction of sp³-hybridized carbons (Fsp3) is 0.133. The summed E-state index contributed by atoms with van der Waals surface area (Å²) < 4.78 is 4.82. The number of hydrogen-bond acceptors (Lipinski definition) is 6. The molecule has 0 saturated carbocycles. The Morgan fingerprint density at radius 3 is 2.62 bits per heavy atom. The first-order valence-corrected chi connectivity index (χ1v) is 8.05. The third-order valence-corrected chi connectivity index (χ3v) is 4.34. The number of nitro benzene ring substituents is 1. The topological polar surface area (TPSA) is 111 Å². The van der Waals surface area contributed by atoms with Gasteiger partial charge in [0.2, 0.25) is 0 Å². The van der Waals surface area contributed by atoms with Gasteiger partial charge in [-0.2, -0.15) is 0 Å². The zero-order chi connectivity index (χ0) is 19.4. The molecular formula is C15H10Cl3N3O5. The Morgan fingerprint density at radius 1 is 1.27 bits per heavy atom. The lowest BCUT2D eigenvalue weighted by Crippen LogP contribution is -2.21. The molecule has 0 aliphatic rings. The molecular weight excluding hydrogens is 409 g/mol. The molecule has 136 valence electrons. The third-order valence-electron chi connectivity index (χ3n) is 3.17. The zero-order valence-electron chi connectivity index (χ0n) is 13.1. The number of esters is 1. The van der Waals surface area contributed by atoms with Crippen LogP contribution in [0, 0.1) is 17.0 Å². The van der Waals surface area contributed by atoms with Crippen LogP contribution in [0.2, 0.25) is 15.1 Å². The summed E-state index contributed by atoms with van der Waals surface area (Å²) in [5.74, 6) is -1.55. The second-order valence-electron chi connectivity index (χ2n) is 4.94. The number of benzene rings is 1. The average Bonchev–Trinajstić information content (AvgIpc) is 2.60. The van der Waals surface area contributed by atoms with Crippen molar-refractivity contribution in [1.29, 1.82) is 0 Å². The fourth-order valence-corrected chi connectivity index (χ4v) is 2.38. The van der Waals surface area contributed by atoms with Crippen LogP contribution in [0.15, 0.2) is 24.4 Å². The number of amides is 1. The highest BCUT2D eigenvalue weighted by Crippen LogP contribution is 2.28. The second-order valence-corrected chi connectivity index (χ2v) is 6.13. The van der Waals surface area contributed by atoms with E-state index in [0.29, 0.717) is 10.6 Å². The largest absolute Gasteiger partial charge is 0.452 e. The van der Waals surface area contributed by atoms with Gasteiger partial charge in [-0.25, -0.2) is 9.78 Å². The van der Waals surface area contributed by atoms with Crippen molar-refractivity contribution in [2.45, 2.75) is 6.92 Å². The summed E-state index contributed by atoms with van der Waals surface area (Å²) in [5.41, 5.74) is -0.0327. The minimum atomic E-state index is -0.925. The predicted octanol–water partition coefficient (Wildman–Crippen LogP) is 4.05. The molecule has 0 bridgehead atoms. The van der Waals surface area contributed by atoms with Crippen LogP contribution in [0.5, 0.6) is 0 Å². The quantitative estimate of drug-likeness (QED) is 0.445. The maximum atomic E-state index is 11.9. The van der Waals surface area contributed by atoms with E-state index in [1.54, 1.807) is 6.92 Å². The van der Waals surface area contributed by atoms with Crippen molar-refractivity contribution in [1.82, 2.24) is 4.98 Å². The number of halogens is 3. The molecule has 1 N–H and O–H groups in total. The van der Waals surface area contributed by atoms with Crippen LogP contribution in [0.25, 0.3) is 0 Å². The van der Waals surface area contributed by atoms with E-state index in [0.717, 1.165) is 6.07 Å². The normalized spacial score (nSPS) is 10.3. The Morgan fingerprint density at radius 2 is 1.96 bits per heavy atom. The molecule has 0 saturated heterocycles. The van der Waals surface area contributed by atoms with Gasteiger partial charge in [0.05, 0.1) is 20.5 Å². The number of carbonyl (C=O) groups excluding carboxylic acids is 2. The monoisotopic (exact) mass is 417 g/mol. The van der Waals surface area contributed by atoms with Crippen LogP contribution in [0.3, 0.4) is 0 Å². The van der Waals surface area contributed by atoms with Crippen LogP contribution in [0.4, 0.5) is 11.5 Å². The number of nitrogens with zero attached hydrogens (tertiary/aromatic N) is 2. The Kier molecular flexibility index (Phi) is 6.36. The van der Waals surface area contributed by atoms with Gasteiger partial charge >= 0.3 is 5.97 Å². The number of anilines is 1. The predicted molar refractivity (Wildman–Crippen MR) is 96.0 cm³/mol. The molecule has 1 amide bonds. The highest BCUT2D eigenvalue weighted by Gasteiger charge is 2.18. The Bertz CT molecular complexity index is 904. The van der Waals surface area contributed by atoms with Gasteiger partial charge in [-0.15, -0.1) is 0 Å². The molecule has 1 aromatic carbocycles. The summed E-state index contributed by atoms with van der Waals surface area (Å²) in [5, 5.41) is 13.6. The van der Waals surface area contributed by atoms with Gasteiger partial charge in [0.15, 0.2) is 12.4 Å². The van der Waals surface area contributed by atoms with E-state index in [9.17, 15) is 19.7 Å². The van der Waals surface area contributed by atoms with Crippen LogP contribution in [-0.2, 0) is 9.53 Å². The van der Waals surface area contributed by atoms with E-state index in [1.807, 2.05) is 0 Å². The fourth-order valence-electron chi connectivity index (χ4n) is 1.81. The summed E-state index contributed by atoms with van der Waals surface area (Å²) in [4.78, 5) is 37.8. The number of aromatic nitrogens is 1. The van der Waals surface area contributed by atoms with E-state index >= 15 is 0 Å². The highest BCUT2D eigenvalue weighted by molar-refractivity contribution is 6.37. The molecule has 8 nitrogen and oxygen atoms in total. The minimum Gasteiger partial charge on any atom is -0.452 e. The smallest absolute Gasteiger partial charge is 0.338 e. The van der Waals surface area contributed by atoms with Crippen molar-refractivity contribution in [2.24, 2.45) is 0 Å². The summed E-state index contributed by atoms with van der Waals surface area (Å²) >= 11 is 17.5. The molecule has 2 rings (SSSR count). The van der Waals surface area contributed by atoms with Gasteiger partial charge in [-0.05, 0) is 24.6 Å². The summed E-state index contributed by atoms with van der Waals surface area (Å²) in [7, 11) is 0. The van der Waals surface area contributed by atoms with Gasteiger partial charge in [-0.3, -0.25) is 14.9 Å². The molecule has 0 radical (unpaired) electrons. The molecule has 0 aliphatic carbocycles. The van der Waals surface area contributed by atoms with Crippen molar-refractivity contribution in [2.75, 3.05) is 11.9 Å². The third kappa shape index (κ3) is 4.60. The highest BCUT2D eigenvalue weighted by atomic mass is 35.5. The number of ether oxygens (including phenoxy) is 1. The molecule has 26 heavy (non-hydrogen) atoms. The first kappa shape index (κ1) is 19.9. The molecule has 1 aromatic heterocycles. The van der Waals surface area contributed by atoms with Crippen molar-refractivity contribution >= 4 is 58.2 Å². The maximum absolute atomic E-state index is 11.9. The van der Waals surface area contributed by atoms with Gasteiger partial charge in [0.1, 0.15) is 5.02 Å². The Hall–Kier alpha value is -2.42. The summed E-state index contributed by atoms with van der Waals surface area (Å²) in [6.45, 7) is 1.00. The van der Waals surface area contributed by atoms with Crippen LogP contribution in [-0.4, -0.2) is 28.4 Å². The minimum absolute atomic E-state index is 0.0664. The number of nitro groups is 1. The molecule has 2 aromatic rings. The van der Waals surface area contributed by atoms with Crippen LogP contribution in [0.1, 0.15) is 15.9 Å². The molecule has 0 unspecified atom stereocenters. The SMILES string of the molecule is Cc1c(Cl)cnc(NC(=O)COC(=O)c2ccc(Cl)c([N+](=O)[O-])c2)c1Cl. The van der Waals surface area contributed by atoms with Crippen LogP contribution >= 0.6 is 34.8 Å². The molecule has 0 spiro atoms. The first-order valence-electron chi connectivity index (χ1n) is 6.92. The summed E-state index contributed by atoms with van der Waals surface area (Å²) in [6.07, 6.45) is 1.32. The Labute approximate surface area is 162 Å². The lowest BCUT2D eigenvalue weighted by atomic mass is 10.2. The molecule has 0 fully saturated rings.